The minimum absolute atomic E-state index is 0.616. The standard InChI is InChI=1S/C10H19N.C2H6/c1-9-3-5-10(2)6-8-11(10)7-4-9;1-2/h9H,3-8H2,1-2H3;1-2H3. The van der Waals surface area contributed by atoms with Gasteiger partial charge in [0.25, 0.3) is 0 Å². The molecule has 0 radical (unpaired) electrons. The molecule has 1 heteroatoms. The molecule has 0 saturated carbocycles. The van der Waals surface area contributed by atoms with Crippen molar-refractivity contribution in [3.8, 4) is 0 Å². The van der Waals surface area contributed by atoms with E-state index in [1.807, 2.05) is 13.8 Å². The van der Waals surface area contributed by atoms with Gasteiger partial charge in [-0.2, -0.15) is 0 Å². The Hall–Kier alpha value is -0.0400. The predicted molar refractivity (Wildman–Crippen MR) is 59.0 cm³/mol. The van der Waals surface area contributed by atoms with Gasteiger partial charge in [-0.15, -0.1) is 0 Å². The molecule has 2 saturated heterocycles. The van der Waals surface area contributed by atoms with Crippen LogP contribution < -0.4 is 0 Å². The maximum Gasteiger partial charge on any atom is 0.0193 e. The Bertz CT molecular complexity index is 155. The van der Waals surface area contributed by atoms with Crippen LogP contribution in [0.25, 0.3) is 0 Å². The summed E-state index contributed by atoms with van der Waals surface area (Å²) in [7, 11) is 0. The smallest absolute Gasteiger partial charge is 0.0193 e. The molecule has 2 unspecified atom stereocenters. The van der Waals surface area contributed by atoms with Crippen LogP contribution in [0.2, 0.25) is 0 Å². The fraction of sp³-hybridized carbons (Fsp3) is 1.00. The first-order valence-corrected chi connectivity index (χ1v) is 5.96. The molecule has 2 rings (SSSR count). The second-order valence-corrected chi connectivity index (χ2v) is 4.67. The Labute approximate surface area is 83.5 Å². The van der Waals surface area contributed by atoms with Crippen LogP contribution >= 0.6 is 0 Å². The SMILES string of the molecule is CC.CC1CCN2CCC2(C)CC1. The van der Waals surface area contributed by atoms with E-state index in [1.165, 1.54) is 38.8 Å². The van der Waals surface area contributed by atoms with E-state index in [1.54, 1.807) is 0 Å². The maximum atomic E-state index is 2.68. The average molecular weight is 183 g/mol. The second-order valence-electron chi connectivity index (χ2n) is 4.67. The minimum atomic E-state index is 0.616. The molecule has 13 heavy (non-hydrogen) atoms. The Morgan fingerprint density at radius 3 is 2.31 bits per heavy atom. The van der Waals surface area contributed by atoms with Gasteiger partial charge in [0.1, 0.15) is 0 Å². The van der Waals surface area contributed by atoms with Gasteiger partial charge in [-0.1, -0.05) is 20.8 Å². The van der Waals surface area contributed by atoms with Crippen molar-refractivity contribution < 1.29 is 0 Å². The van der Waals surface area contributed by atoms with Crippen molar-refractivity contribution in [2.45, 2.75) is 58.9 Å². The van der Waals surface area contributed by atoms with Gasteiger partial charge >= 0.3 is 0 Å². The third-order valence-electron chi connectivity index (χ3n) is 3.75. The normalized spacial score (nSPS) is 39.2. The van der Waals surface area contributed by atoms with Gasteiger partial charge in [-0.25, -0.2) is 0 Å². The van der Waals surface area contributed by atoms with Crippen LogP contribution in [0.15, 0.2) is 0 Å². The lowest BCUT2D eigenvalue weighted by Crippen LogP contribution is -2.57. The first kappa shape index (κ1) is 11.0. The van der Waals surface area contributed by atoms with E-state index >= 15 is 0 Å². The lowest BCUT2D eigenvalue weighted by molar-refractivity contribution is 0.00278. The molecule has 0 aliphatic carbocycles. The van der Waals surface area contributed by atoms with Gasteiger partial charge in [0, 0.05) is 12.1 Å². The van der Waals surface area contributed by atoms with E-state index in [0.717, 1.165) is 5.92 Å². The van der Waals surface area contributed by atoms with Crippen LogP contribution in [0.4, 0.5) is 0 Å². The van der Waals surface area contributed by atoms with Gasteiger partial charge in [-0.05, 0) is 45.1 Å². The van der Waals surface area contributed by atoms with Crippen molar-refractivity contribution in [3.05, 3.63) is 0 Å². The van der Waals surface area contributed by atoms with Crippen LogP contribution in [0, 0.1) is 5.92 Å². The Morgan fingerprint density at radius 1 is 1.08 bits per heavy atom. The minimum Gasteiger partial charge on any atom is -0.298 e. The third kappa shape index (κ3) is 2.25. The Morgan fingerprint density at radius 2 is 1.77 bits per heavy atom. The molecule has 2 atom stereocenters. The summed E-state index contributed by atoms with van der Waals surface area (Å²) in [6, 6.07) is 0. The zero-order valence-corrected chi connectivity index (χ0v) is 9.77. The summed E-state index contributed by atoms with van der Waals surface area (Å²) in [5, 5.41) is 0. The molecule has 0 aromatic carbocycles. The highest BCUT2D eigenvalue weighted by Gasteiger charge is 2.41. The van der Waals surface area contributed by atoms with E-state index in [9.17, 15) is 0 Å². The van der Waals surface area contributed by atoms with Gasteiger partial charge < -0.3 is 0 Å². The highest BCUT2D eigenvalue weighted by molar-refractivity contribution is 4.97. The Balaban J connectivity index is 0.000000396. The molecule has 2 fully saturated rings. The van der Waals surface area contributed by atoms with Crippen LogP contribution in [0.3, 0.4) is 0 Å². The van der Waals surface area contributed by atoms with Crippen molar-refractivity contribution in [1.82, 2.24) is 4.90 Å². The summed E-state index contributed by atoms with van der Waals surface area (Å²) in [6.45, 7) is 11.6. The highest BCUT2D eigenvalue weighted by Crippen LogP contribution is 2.38. The molecule has 0 spiro atoms. The number of fused-ring (bicyclic) bond motifs is 1. The van der Waals surface area contributed by atoms with Gasteiger partial charge in [-0.3, -0.25) is 4.90 Å². The van der Waals surface area contributed by atoms with Crippen molar-refractivity contribution >= 4 is 0 Å². The lowest BCUT2D eigenvalue weighted by atomic mass is 9.83. The highest BCUT2D eigenvalue weighted by atomic mass is 15.2. The molecule has 0 bridgehead atoms. The van der Waals surface area contributed by atoms with E-state index in [2.05, 4.69) is 18.7 Å². The lowest BCUT2D eigenvalue weighted by Gasteiger charge is -2.50. The second kappa shape index (κ2) is 4.45. The van der Waals surface area contributed by atoms with Gasteiger partial charge in [0.15, 0.2) is 0 Å². The molecule has 2 heterocycles. The molecule has 2 aliphatic rings. The molecule has 2 aliphatic heterocycles. The molecule has 0 aromatic rings. The number of hydrogen-bond donors (Lipinski definition) is 0. The summed E-state index contributed by atoms with van der Waals surface area (Å²) in [4.78, 5) is 2.68. The summed E-state index contributed by atoms with van der Waals surface area (Å²) in [6.07, 6.45) is 5.76. The number of hydrogen-bond acceptors (Lipinski definition) is 1. The molecule has 78 valence electrons. The van der Waals surface area contributed by atoms with Crippen LogP contribution in [0.1, 0.15) is 53.4 Å². The quantitative estimate of drug-likeness (QED) is 0.557. The van der Waals surface area contributed by atoms with Crippen LogP contribution in [0.5, 0.6) is 0 Å². The fourth-order valence-electron chi connectivity index (χ4n) is 2.39. The van der Waals surface area contributed by atoms with Crippen molar-refractivity contribution in [2.24, 2.45) is 5.92 Å². The van der Waals surface area contributed by atoms with Gasteiger partial charge in [0.2, 0.25) is 0 Å². The molecule has 0 amide bonds. The van der Waals surface area contributed by atoms with E-state index < -0.39 is 0 Å². The topological polar surface area (TPSA) is 3.24 Å². The average Bonchev–Trinajstić information content (AvgIpc) is 2.23. The predicted octanol–water partition coefficient (Wildman–Crippen LogP) is 3.30. The van der Waals surface area contributed by atoms with Crippen LogP contribution in [-0.4, -0.2) is 23.5 Å². The number of nitrogens with zero attached hydrogens (tertiary/aromatic N) is 1. The van der Waals surface area contributed by atoms with E-state index in [-0.39, 0.29) is 0 Å². The first-order chi connectivity index (χ1) is 6.21. The summed E-state index contributed by atoms with van der Waals surface area (Å²) in [5.74, 6) is 0.970. The molecule has 0 aromatic heterocycles. The Kier molecular flexibility index (Phi) is 3.78. The van der Waals surface area contributed by atoms with Gasteiger partial charge in [0.05, 0.1) is 0 Å². The van der Waals surface area contributed by atoms with Crippen LogP contribution in [-0.2, 0) is 0 Å². The first-order valence-electron chi connectivity index (χ1n) is 5.96. The molecule has 1 nitrogen and oxygen atoms in total. The summed E-state index contributed by atoms with van der Waals surface area (Å²) in [5.41, 5.74) is 0.616. The maximum absolute atomic E-state index is 2.68. The third-order valence-corrected chi connectivity index (χ3v) is 3.75. The zero-order valence-electron chi connectivity index (χ0n) is 9.77. The van der Waals surface area contributed by atoms with E-state index in [4.69, 9.17) is 0 Å². The zero-order chi connectivity index (χ0) is 9.90. The van der Waals surface area contributed by atoms with Crippen molar-refractivity contribution in [3.63, 3.8) is 0 Å². The largest absolute Gasteiger partial charge is 0.298 e. The fourth-order valence-corrected chi connectivity index (χ4v) is 2.39. The number of rotatable bonds is 0. The van der Waals surface area contributed by atoms with Crippen molar-refractivity contribution in [2.75, 3.05) is 13.1 Å². The summed E-state index contributed by atoms with van der Waals surface area (Å²) >= 11 is 0. The van der Waals surface area contributed by atoms with Crippen molar-refractivity contribution in [1.29, 1.82) is 0 Å². The monoisotopic (exact) mass is 183 g/mol. The molecular formula is C12H25N. The molecular weight excluding hydrogens is 158 g/mol. The molecule has 0 N–H and O–H groups in total. The van der Waals surface area contributed by atoms with E-state index in [0.29, 0.717) is 5.54 Å². The summed E-state index contributed by atoms with van der Waals surface area (Å²) < 4.78 is 0.